The molecule has 0 aromatic heterocycles. The SMILES string of the molecule is Cc1ccc(C(=O)Nc2cccc(C)c2C)cc1NC1=C(Cl)C(=O)N(C2CCCCC2)C1=O. The number of carbonyl (C=O) groups is 3. The summed E-state index contributed by atoms with van der Waals surface area (Å²) in [5.74, 6) is -1.11. The molecule has 0 radical (unpaired) electrons. The van der Waals surface area contributed by atoms with Crippen molar-refractivity contribution >= 4 is 40.7 Å². The summed E-state index contributed by atoms with van der Waals surface area (Å²) in [4.78, 5) is 40.1. The van der Waals surface area contributed by atoms with Gasteiger partial charge in [-0.3, -0.25) is 19.3 Å². The molecule has 2 aromatic carbocycles. The highest BCUT2D eigenvalue weighted by Crippen LogP contribution is 2.33. The second-order valence-corrected chi connectivity index (χ2v) is 9.20. The van der Waals surface area contributed by atoms with Crippen LogP contribution in [0, 0.1) is 20.8 Å². The maximum absolute atomic E-state index is 13.1. The molecular formula is C26H28ClN3O3. The van der Waals surface area contributed by atoms with Crippen molar-refractivity contribution in [1.82, 2.24) is 4.90 Å². The van der Waals surface area contributed by atoms with Gasteiger partial charge in [0.1, 0.15) is 10.7 Å². The summed E-state index contributed by atoms with van der Waals surface area (Å²) < 4.78 is 0. The zero-order valence-electron chi connectivity index (χ0n) is 19.1. The van der Waals surface area contributed by atoms with Crippen LogP contribution in [0.3, 0.4) is 0 Å². The van der Waals surface area contributed by atoms with Crippen LogP contribution in [0.5, 0.6) is 0 Å². The summed E-state index contributed by atoms with van der Waals surface area (Å²) in [5.41, 5.74) is 4.73. The van der Waals surface area contributed by atoms with E-state index in [4.69, 9.17) is 11.6 Å². The first-order valence-electron chi connectivity index (χ1n) is 11.3. The van der Waals surface area contributed by atoms with Crippen molar-refractivity contribution in [3.05, 3.63) is 69.4 Å². The number of halogens is 1. The van der Waals surface area contributed by atoms with E-state index in [1.807, 2.05) is 39.0 Å². The second kappa shape index (κ2) is 9.40. The van der Waals surface area contributed by atoms with Crippen LogP contribution in [0.15, 0.2) is 47.1 Å². The quantitative estimate of drug-likeness (QED) is 0.577. The molecule has 1 aliphatic heterocycles. The summed E-state index contributed by atoms with van der Waals surface area (Å²) in [6.45, 7) is 5.82. The summed E-state index contributed by atoms with van der Waals surface area (Å²) in [5, 5.41) is 5.89. The van der Waals surface area contributed by atoms with Gasteiger partial charge in [-0.05, 0) is 68.5 Å². The summed E-state index contributed by atoms with van der Waals surface area (Å²) in [7, 11) is 0. The summed E-state index contributed by atoms with van der Waals surface area (Å²) >= 11 is 6.31. The van der Waals surface area contributed by atoms with Gasteiger partial charge in [0.15, 0.2) is 0 Å². The van der Waals surface area contributed by atoms with Gasteiger partial charge in [0.25, 0.3) is 17.7 Å². The summed E-state index contributed by atoms with van der Waals surface area (Å²) in [6, 6.07) is 10.8. The van der Waals surface area contributed by atoms with E-state index in [9.17, 15) is 14.4 Å². The molecule has 4 rings (SSSR count). The van der Waals surface area contributed by atoms with E-state index < -0.39 is 11.8 Å². The number of imide groups is 1. The van der Waals surface area contributed by atoms with Gasteiger partial charge in [0.2, 0.25) is 0 Å². The maximum atomic E-state index is 13.1. The molecular weight excluding hydrogens is 438 g/mol. The van der Waals surface area contributed by atoms with Crippen LogP contribution in [-0.4, -0.2) is 28.7 Å². The largest absolute Gasteiger partial charge is 0.349 e. The number of rotatable bonds is 5. The Labute approximate surface area is 199 Å². The molecule has 0 unspecified atom stereocenters. The number of carbonyl (C=O) groups excluding carboxylic acids is 3. The van der Waals surface area contributed by atoms with E-state index in [0.29, 0.717) is 11.3 Å². The van der Waals surface area contributed by atoms with Crippen molar-refractivity contribution in [1.29, 1.82) is 0 Å². The molecule has 2 aliphatic rings. The number of hydrogen-bond acceptors (Lipinski definition) is 4. The highest BCUT2D eigenvalue weighted by atomic mass is 35.5. The molecule has 1 heterocycles. The molecule has 7 heteroatoms. The lowest BCUT2D eigenvalue weighted by Gasteiger charge is -2.29. The third-order valence-corrected chi connectivity index (χ3v) is 6.96. The Morgan fingerprint density at radius 3 is 2.39 bits per heavy atom. The highest BCUT2D eigenvalue weighted by Gasteiger charge is 2.42. The molecule has 2 N–H and O–H groups in total. The van der Waals surface area contributed by atoms with Crippen LogP contribution < -0.4 is 10.6 Å². The average Bonchev–Trinajstić information content (AvgIpc) is 3.01. The zero-order valence-corrected chi connectivity index (χ0v) is 19.9. The van der Waals surface area contributed by atoms with Gasteiger partial charge < -0.3 is 10.6 Å². The number of aryl methyl sites for hydroxylation is 2. The predicted octanol–water partition coefficient (Wildman–Crippen LogP) is 5.43. The van der Waals surface area contributed by atoms with Gasteiger partial charge in [-0.2, -0.15) is 0 Å². The second-order valence-electron chi connectivity index (χ2n) is 8.82. The minimum Gasteiger partial charge on any atom is -0.349 e. The van der Waals surface area contributed by atoms with Crippen molar-refractivity contribution in [2.75, 3.05) is 10.6 Å². The number of anilines is 2. The molecule has 1 aliphatic carbocycles. The zero-order chi connectivity index (χ0) is 23.7. The Hall–Kier alpha value is -3.12. The number of nitrogens with one attached hydrogen (secondary N) is 2. The Morgan fingerprint density at radius 2 is 1.67 bits per heavy atom. The monoisotopic (exact) mass is 465 g/mol. The number of benzene rings is 2. The standard InChI is InChI=1S/C26H28ClN3O3/c1-15-8-7-11-20(17(15)3)29-24(31)18-13-12-16(2)21(14-18)28-23-22(27)25(32)30(26(23)33)19-9-5-4-6-10-19/h7-8,11-14,19,28H,4-6,9-10H2,1-3H3,(H,29,31). The lowest BCUT2D eigenvalue weighted by atomic mass is 9.94. The fraction of sp³-hybridized carbons (Fsp3) is 0.346. The molecule has 0 atom stereocenters. The van der Waals surface area contributed by atoms with Crippen molar-refractivity contribution < 1.29 is 14.4 Å². The van der Waals surface area contributed by atoms with Gasteiger partial charge in [-0.1, -0.05) is 49.1 Å². The minimum atomic E-state index is -0.447. The molecule has 1 fully saturated rings. The number of nitrogens with zero attached hydrogens (tertiary/aromatic N) is 1. The fourth-order valence-corrected chi connectivity index (χ4v) is 4.63. The van der Waals surface area contributed by atoms with E-state index in [0.717, 1.165) is 54.5 Å². The van der Waals surface area contributed by atoms with Gasteiger partial charge >= 0.3 is 0 Å². The minimum absolute atomic E-state index is 0.0717. The molecule has 1 saturated carbocycles. The van der Waals surface area contributed by atoms with Gasteiger partial charge in [0, 0.05) is 23.0 Å². The van der Waals surface area contributed by atoms with E-state index >= 15 is 0 Å². The summed E-state index contributed by atoms with van der Waals surface area (Å²) in [6.07, 6.45) is 4.73. The smallest absolute Gasteiger partial charge is 0.279 e. The van der Waals surface area contributed by atoms with Crippen molar-refractivity contribution in [3.63, 3.8) is 0 Å². The third kappa shape index (κ3) is 4.53. The fourth-order valence-electron chi connectivity index (χ4n) is 4.41. The van der Waals surface area contributed by atoms with Crippen LogP contribution in [-0.2, 0) is 9.59 Å². The first-order chi connectivity index (χ1) is 15.8. The Bertz CT molecular complexity index is 1170. The van der Waals surface area contributed by atoms with Crippen LogP contribution >= 0.6 is 11.6 Å². The van der Waals surface area contributed by atoms with E-state index in [-0.39, 0.29) is 22.7 Å². The first-order valence-corrected chi connectivity index (χ1v) is 11.7. The van der Waals surface area contributed by atoms with E-state index in [2.05, 4.69) is 10.6 Å². The topological polar surface area (TPSA) is 78.5 Å². The average molecular weight is 466 g/mol. The first kappa shape index (κ1) is 23.1. The normalized spacial score (nSPS) is 17.0. The molecule has 0 bridgehead atoms. The molecule has 172 valence electrons. The number of hydrogen-bond donors (Lipinski definition) is 2. The Morgan fingerprint density at radius 1 is 0.939 bits per heavy atom. The van der Waals surface area contributed by atoms with Gasteiger partial charge in [-0.25, -0.2) is 0 Å². The van der Waals surface area contributed by atoms with E-state index in [1.54, 1.807) is 18.2 Å². The molecule has 0 saturated heterocycles. The van der Waals surface area contributed by atoms with Crippen LogP contribution in [0.1, 0.15) is 59.2 Å². The van der Waals surface area contributed by atoms with E-state index in [1.165, 1.54) is 4.90 Å². The van der Waals surface area contributed by atoms with Crippen LogP contribution in [0.25, 0.3) is 0 Å². The van der Waals surface area contributed by atoms with Crippen molar-refractivity contribution in [2.45, 2.75) is 58.9 Å². The van der Waals surface area contributed by atoms with Crippen molar-refractivity contribution in [2.24, 2.45) is 0 Å². The Kier molecular flexibility index (Phi) is 6.56. The lowest BCUT2D eigenvalue weighted by molar-refractivity contribution is -0.140. The maximum Gasteiger partial charge on any atom is 0.279 e. The molecule has 0 spiro atoms. The molecule has 3 amide bonds. The van der Waals surface area contributed by atoms with Gasteiger partial charge in [-0.15, -0.1) is 0 Å². The van der Waals surface area contributed by atoms with Crippen LogP contribution in [0.2, 0.25) is 0 Å². The van der Waals surface area contributed by atoms with Crippen molar-refractivity contribution in [3.8, 4) is 0 Å². The lowest BCUT2D eigenvalue weighted by Crippen LogP contribution is -2.42. The number of amides is 3. The predicted molar refractivity (Wildman–Crippen MR) is 130 cm³/mol. The van der Waals surface area contributed by atoms with Crippen LogP contribution in [0.4, 0.5) is 11.4 Å². The highest BCUT2D eigenvalue weighted by molar-refractivity contribution is 6.48. The molecule has 2 aromatic rings. The van der Waals surface area contributed by atoms with Gasteiger partial charge in [0.05, 0.1) is 0 Å². The molecule has 33 heavy (non-hydrogen) atoms. The Balaban J connectivity index is 1.55. The molecule has 6 nitrogen and oxygen atoms in total. The third-order valence-electron chi connectivity index (χ3n) is 6.61.